The summed E-state index contributed by atoms with van der Waals surface area (Å²) in [6.45, 7) is 10.9. The first-order valence-corrected chi connectivity index (χ1v) is 12.0. The Morgan fingerprint density at radius 1 is 0.941 bits per heavy atom. The van der Waals surface area contributed by atoms with Crippen molar-refractivity contribution in [3.8, 4) is 0 Å². The van der Waals surface area contributed by atoms with Gasteiger partial charge in [0.2, 0.25) is 5.91 Å². The number of anilines is 1. The van der Waals surface area contributed by atoms with Crippen LogP contribution in [-0.4, -0.2) is 28.5 Å². The molecular formula is C28H31N3O3. The van der Waals surface area contributed by atoms with E-state index in [0.717, 1.165) is 35.3 Å². The van der Waals surface area contributed by atoms with Crippen LogP contribution in [0.25, 0.3) is 11.0 Å². The number of rotatable bonds is 5. The first-order valence-electron chi connectivity index (χ1n) is 12.0. The number of carbonyl (C=O) groups is 2. The Labute approximate surface area is 200 Å². The molecule has 6 nitrogen and oxygen atoms in total. The number of para-hydroxylation sites is 2. The van der Waals surface area contributed by atoms with Crippen molar-refractivity contribution in [3.05, 3.63) is 65.5 Å². The quantitative estimate of drug-likeness (QED) is 0.518. The van der Waals surface area contributed by atoms with Gasteiger partial charge in [-0.3, -0.25) is 4.79 Å². The van der Waals surface area contributed by atoms with Crippen LogP contribution in [0.4, 0.5) is 5.69 Å². The van der Waals surface area contributed by atoms with Crippen molar-refractivity contribution in [2.24, 2.45) is 11.3 Å². The average molecular weight is 458 g/mol. The zero-order valence-corrected chi connectivity index (χ0v) is 20.4. The van der Waals surface area contributed by atoms with E-state index in [1.165, 1.54) is 0 Å². The van der Waals surface area contributed by atoms with Gasteiger partial charge in [-0.1, -0.05) is 46.8 Å². The van der Waals surface area contributed by atoms with E-state index >= 15 is 0 Å². The molecule has 1 fully saturated rings. The third kappa shape index (κ3) is 3.00. The summed E-state index contributed by atoms with van der Waals surface area (Å²) in [6, 6.07) is 14.7. The number of fused-ring (bicyclic) bond motifs is 6. The molecule has 0 radical (unpaired) electrons. The van der Waals surface area contributed by atoms with Gasteiger partial charge in [0.15, 0.2) is 0 Å². The Bertz CT molecular complexity index is 1300. The van der Waals surface area contributed by atoms with E-state index in [1.54, 1.807) is 24.3 Å². The summed E-state index contributed by atoms with van der Waals surface area (Å²) in [5.74, 6) is -0.152. The topological polar surface area (TPSA) is 81.2 Å². The molecule has 5 rings (SSSR count). The molecule has 0 aliphatic heterocycles. The number of hydrogen-bond donors (Lipinski definition) is 1. The number of nitrogens with one attached hydrogen (secondary N) is 1. The Morgan fingerprint density at radius 3 is 2.18 bits per heavy atom. The molecule has 2 aromatic carbocycles. The Balaban J connectivity index is 1.47. The van der Waals surface area contributed by atoms with Gasteiger partial charge in [0, 0.05) is 11.1 Å². The predicted octanol–water partition coefficient (Wildman–Crippen LogP) is 5.41. The van der Waals surface area contributed by atoms with Crippen LogP contribution in [0.1, 0.15) is 69.2 Å². The molecule has 2 aliphatic rings. The number of esters is 1. The monoisotopic (exact) mass is 457 g/mol. The van der Waals surface area contributed by atoms with Crippen molar-refractivity contribution in [2.75, 3.05) is 11.9 Å². The van der Waals surface area contributed by atoms with Gasteiger partial charge in [0.25, 0.3) is 0 Å². The fourth-order valence-electron chi connectivity index (χ4n) is 5.80. The fraction of sp³-hybridized carbons (Fsp3) is 0.429. The van der Waals surface area contributed by atoms with Crippen LogP contribution in [0.15, 0.2) is 48.5 Å². The number of nitrogens with zero attached hydrogens (tertiary/aromatic N) is 2. The third-order valence-electron chi connectivity index (χ3n) is 8.26. The van der Waals surface area contributed by atoms with E-state index < -0.39 is 5.41 Å². The lowest BCUT2D eigenvalue weighted by Crippen LogP contribution is -2.48. The second-order valence-corrected chi connectivity index (χ2v) is 10.8. The molecule has 0 spiro atoms. The highest BCUT2D eigenvalue weighted by Crippen LogP contribution is 2.70. The summed E-state index contributed by atoms with van der Waals surface area (Å²) in [4.78, 5) is 36.2. The molecule has 2 aliphatic carbocycles. The van der Waals surface area contributed by atoms with Crippen molar-refractivity contribution in [3.63, 3.8) is 0 Å². The van der Waals surface area contributed by atoms with Gasteiger partial charge in [-0.05, 0) is 60.6 Å². The number of ether oxygens (including phenoxy) is 1. The molecule has 176 valence electrons. The second kappa shape index (κ2) is 7.62. The van der Waals surface area contributed by atoms with Crippen molar-refractivity contribution < 1.29 is 14.3 Å². The molecule has 0 unspecified atom stereocenters. The highest BCUT2D eigenvalue weighted by molar-refractivity contribution is 6.02. The van der Waals surface area contributed by atoms with E-state index in [2.05, 4.69) is 26.1 Å². The normalized spacial score (nSPS) is 24.3. The van der Waals surface area contributed by atoms with Crippen molar-refractivity contribution in [2.45, 2.75) is 58.3 Å². The van der Waals surface area contributed by atoms with E-state index in [4.69, 9.17) is 14.7 Å². The van der Waals surface area contributed by atoms with Gasteiger partial charge < -0.3 is 10.1 Å². The Morgan fingerprint density at radius 2 is 1.56 bits per heavy atom. The van der Waals surface area contributed by atoms with Crippen LogP contribution in [0.3, 0.4) is 0 Å². The van der Waals surface area contributed by atoms with Crippen LogP contribution < -0.4 is 5.32 Å². The van der Waals surface area contributed by atoms with Crippen LogP contribution in [0, 0.1) is 11.3 Å². The predicted molar refractivity (Wildman–Crippen MR) is 132 cm³/mol. The minimum Gasteiger partial charge on any atom is -0.462 e. The largest absolute Gasteiger partial charge is 0.462 e. The summed E-state index contributed by atoms with van der Waals surface area (Å²) in [5, 5.41) is 3.12. The first kappa shape index (κ1) is 22.5. The standard InChI is InChI=1S/C28H31N3O3/c1-17(2)16-34-24(32)18-10-12-19(13-11-18)29-25(33)28-15-14-27(5,26(28,3)4)22-23(28)31-21-9-7-6-8-20(21)30-22/h6-13,17H,14-16H2,1-5H3,(H,29,33)/t27-,28+/m0/s1. The van der Waals surface area contributed by atoms with E-state index in [1.807, 2.05) is 38.1 Å². The first-order chi connectivity index (χ1) is 16.1. The molecule has 1 heterocycles. The maximum atomic E-state index is 14.0. The summed E-state index contributed by atoms with van der Waals surface area (Å²) < 4.78 is 5.30. The number of benzene rings is 2. The van der Waals surface area contributed by atoms with Gasteiger partial charge >= 0.3 is 5.97 Å². The van der Waals surface area contributed by atoms with E-state index in [9.17, 15) is 9.59 Å². The summed E-state index contributed by atoms with van der Waals surface area (Å²) in [6.07, 6.45) is 1.61. The highest BCUT2D eigenvalue weighted by Gasteiger charge is 2.73. The molecule has 1 aromatic heterocycles. The third-order valence-corrected chi connectivity index (χ3v) is 8.26. The zero-order chi connectivity index (χ0) is 24.3. The summed E-state index contributed by atoms with van der Waals surface area (Å²) >= 11 is 0. The average Bonchev–Trinajstić information content (AvgIpc) is 3.11. The van der Waals surface area contributed by atoms with Crippen molar-refractivity contribution in [1.29, 1.82) is 0 Å². The smallest absolute Gasteiger partial charge is 0.338 e. The van der Waals surface area contributed by atoms with E-state index in [0.29, 0.717) is 17.9 Å². The molecule has 3 aromatic rings. The van der Waals surface area contributed by atoms with Crippen LogP contribution in [0.2, 0.25) is 0 Å². The Kier molecular flexibility index (Phi) is 5.04. The van der Waals surface area contributed by atoms with Crippen LogP contribution in [0.5, 0.6) is 0 Å². The fourth-order valence-corrected chi connectivity index (χ4v) is 5.80. The summed E-state index contributed by atoms with van der Waals surface area (Å²) in [5.41, 5.74) is 3.16. The van der Waals surface area contributed by atoms with Gasteiger partial charge in [0.05, 0.1) is 40.0 Å². The number of hydrogen-bond acceptors (Lipinski definition) is 5. The minimum atomic E-state index is -0.775. The molecule has 1 N–H and O–H groups in total. The maximum absolute atomic E-state index is 14.0. The number of carbonyl (C=O) groups excluding carboxylic acids is 2. The molecule has 6 heteroatoms. The lowest BCUT2D eigenvalue weighted by molar-refractivity contribution is -0.125. The summed E-state index contributed by atoms with van der Waals surface area (Å²) in [7, 11) is 0. The SMILES string of the molecule is CC(C)COC(=O)c1ccc(NC(=O)[C@@]23CC[C@@](C)(c4nc5ccccc5nc42)C3(C)C)cc1. The molecule has 2 bridgehead atoms. The van der Waals surface area contributed by atoms with Crippen molar-refractivity contribution >= 4 is 28.6 Å². The van der Waals surface area contributed by atoms with Crippen LogP contribution in [-0.2, 0) is 20.4 Å². The number of amides is 1. The molecular weight excluding hydrogens is 426 g/mol. The highest BCUT2D eigenvalue weighted by atomic mass is 16.5. The maximum Gasteiger partial charge on any atom is 0.338 e. The van der Waals surface area contributed by atoms with Gasteiger partial charge in [-0.15, -0.1) is 0 Å². The second-order valence-electron chi connectivity index (χ2n) is 10.8. The van der Waals surface area contributed by atoms with E-state index in [-0.39, 0.29) is 28.6 Å². The lowest BCUT2D eigenvalue weighted by atomic mass is 9.63. The molecule has 0 saturated heterocycles. The van der Waals surface area contributed by atoms with Crippen molar-refractivity contribution in [1.82, 2.24) is 9.97 Å². The van der Waals surface area contributed by atoms with Gasteiger partial charge in [-0.2, -0.15) is 0 Å². The molecule has 34 heavy (non-hydrogen) atoms. The number of aromatic nitrogens is 2. The van der Waals surface area contributed by atoms with Gasteiger partial charge in [0.1, 0.15) is 0 Å². The molecule has 2 atom stereocenters. The van der Waals surface area contributed by atoms with Gasteiger partial charge in [-0.25, -0.2) is 14.8 Å². The Hall–Kier alpha value is -3.28. The minimum absolute atomic E-state index is 0.0697. The molecule has 1 saturated carbocycles. The zero-order valence-electron chi connectivity index (χ0n) is 20.4. The lowest BCUT2D eigenvalue weighted by Gasteiger charge is -2.39. The van der Waals surface area contributed by atoms with Crippen LogP contribution >= 0.6 is 0 Å². The molecule has 1 amide bonds.